The Balaban J connectivity index is 2.89. The zero-order valence-electron chi connectivity index (χ0n) is 9.33. The standard InChI is InChI=1S/C11H13Cl2NOS/c1-11(2,3)16(15)14-7-8-4-9(12)6-10(13)5-8/h4-7H,1-3H3/t16-/m1/s1. The van der Waals surface area contributed by atoms with Gasteiger partial charge in [-0.25, -0.2) is 4.21 Å². The number of rotatable bonds is 2. The molecule has 5 heteroatoms. The molecule has 0 spiro atoms. The van der Waals surface area contributed by atoms with Gasteiger partial charge < -0.3 is 0 Å². The average Bonchev–Trinajstić information content (AvgIpc) is 2.11. The molecule has 0 radical (unpaired) electrons. The average molecular weight is 278 g/mol. The monoisotopic (exact) mass is 277 g/mol. The molecule has 0 fully saturated rings. The second-order valence-electron chi connectivity index (χ2n) is 4.30. The van der Waals surface area contributed by atoms with Crippen LogP contribution in [0.25, 0.3) is 0 Å². The fourth-order valence-electron chi connectivity index (χ4n) is 0.917. The summed E-state index contributed by atoms with van der Waals surface area (Å²) in [7, 11) is -1.27. The molecule has 0 heterocycles. The number of hydrogen-bond acceptors (Lipinski definition) is 1. The van der Waals surface area contributed by atoms with Crippen molar-refractivity contribution in [1.82, 2.24) is 0 Å². The summed E-state index contributed by atoms with van der Waals surface area (Å²) in [6, 6.07) is 5.08. The maximum atomic E-state index is 11.7. The van der Waals surface area contributed by atoms with Crippen LogP contribution in [-0.4, -0.2) is 15.2 Å². The molecule has 0 aliphatic carbocycles. The Morgan fingerprint density at radius 3 is 2.12 bits per heavy atom. The van der Waals surface area contributed by atoms with Gasteiger partial charge in [0.15, 0.2) is 0 Å². The Labute approximate surface area is 108 Å². The maximum absolute atomic E-state index is 11.7. The van der Waals surface area contributed by atoms with Crippen LogP contribution in [0.2, 0.25) is 10.0 Å². The lowest BCUT2D eigenvalue weighted by Crippen LogP contribution is -2.19. The molecule has 0 amide bonds. The zero-order valence-corrected chi connectivity index (χ0v) is 11.7. The Hall–Kier alpha value is -0.380. The summed E-state index contributed by atoms with van der Waals surface area (Å²) in [5.41, 5.74) is 0.745. The molecular formula is C11H13Cl2NOS. The van der Waals surface area contributed by atoms with Crippen LogP contribution in [0.1, 0.15) is 26.3 Å². The van der Waals surface area contributed by atoms with Crippen molar-refractivity contribution < 1.29 is 4.21 Å². The van der Waals surface area contributed by atoms with Crippen molar-refractivity contribution in [2.45, 2.75) is 25.5 Å². The Morgan fingerprint density at radius 2 is 1.69 bits per heavy atom. The molecule has 1 atom stereocenters. The van der Waals surface area contributed by atoms with Crippen LogP contribution in [-0.2, 0) is 11.0 Å². The van der Waals surface area contributed by atoms with Gasteiger partial charge in [-0.15, -0.1) is 0 Å². The molecule has 0 aliphatic rings. The van der Waals surface area contributed by atoms with E-state index in [0.717, 1.165) is 5.56 Å². The van der Waals surface area contributed by atoms with Crippen molar-refractivity contribution in [3.05, 3.63) is 33.8 Å². The van der Waals surface area contributed by atoms with Gasteiger partial charge in [-0.3, -0.25) is 0 Å². The molecule has 0 bridgehead atoms. The highest BCUT2D eigenvalue weighted by Crippen LogP contribution is 2.18. The van der Waals surface area contributed by atoms with Crippen LogP contribution in [0.4, 0.5) is 0 Å². The van der Waals surface area contributed by atoms with E-state index in [4.69, 9.17) is 23.2 Å². The fourth-order valence-corrected chi connectivity index (χ4v) is 1.99. The highest BCUT2D eigenvalue weighted by molar-refractivity contribution is 7.85. The Bertz CT molecular complexity index is 418. The molecule has 88 valence electrons. The molecule has 1 aromatic rings. The molecule has 1 rings (SSSR count). The van der Waals surface area contributed by atoms with E-state index < -0.39 is 11.0 Å². The summed E-state index contributed by atoms with van der Waals surface area (Å²) in [5.74, 6) is 0. The van der Waals surface area contributed by atoms with Gasteiger partial charge in [0.2, 0.25) is 0 Å². The first-order valence-corrected chi connectivity index (χ1v) is 6.57. The lowest BCUT2D eigenvalue weighted by Gasteiger charge is -2.12. The van der Waals surface area contributed by atoms with Crippen molar-refractivity contribution in [1.29, 1.82) is 0 Å². The third kappa shape index (κ3) is 4.24. The van der Waals surface area contributed by atoms with Gasteiger partial charge in [0, 0.05) is 16.3 Å². The zero-order chi connectivity index (χ0) is 12.3. The van der Waals surface area contributed by atoms with Crippen molar-refractivity contribution in [3.63, 3.8) is 0 Å². The smallest absolute Gasteiger partial charge is 0.144 e. The van der Waals surface area contributed by atoms with Crippen LogP contribution in [0, 0.1) is 0 Å². The fraction of sp³-hybridized carbons (Fsp3) is 0.364. The molecule has 16 heavy (non-hydrogen) atoms. The van der Waals surface area contributed by atoms with Gasteiger partial charge >= 0.3 is 0 Å². The lowest BCUT2D eigenvalue weighted by molar-refractivity contribution is 0.651. The van der Waals surface area contributed by atoms with Crippen molar-refractivity contribution in [3.8, 4) is 0 Å². The van der Waals surface area contributed by atoms with E-state index in [1.54, 1.807) is 18.2 Å². The predicted octanol–water partition coefficient (Wildman–Crippen LogP) is 3.87. The first-order chi connectivity index (χ1) is 7.29. The third-order valence-electron chi connectivity index (χ3n) is 1.71. The van der Waals surface area contributed by atoms with E-state index in [0.29, 0.717) is 10.0 Å². The van der Waals surface area contributed by atoms with Gasteiger partial charge in [0.1, 0.15) is 11.0 Å². The lowest BCUT2D eigenvalue weighted by atomic mass is 10.2. The minimum absolute atomic E-state index is 0.362. The van der Waals surface area contributed by atoms with E-state index in [-0.39, 0.29) is 4.75 Å². The molecule has 0 saturated heterocycles. The van der Waals surface area contributed by atoms with Gasteiger partial charge in [-0.1, -0.05) is 23.2 Å². The summed E-state index contributed by atoms with van der Waals surface area (Å²) < 4.78 is 15.3. The minimum Gasteiger partial charge on any atom is -0.234 e. The van der Waals surface area contributed by atoms with Gasteiger partial charge in [-0.2, -0.15) is 4.40 Å². The summed E-state index contributed by atoms with van der Waals surface area (Å²) >= 11 is 11.7. The third-order valence-corrected chi connectivity index (χ3v) is 3.49. The quantitative estimate of drug-likeness (QED) is 0.755. The van der Waals surface area contributed by atoms with Crippen molar-refractivity contribution >= 4 is 40.4 Å². The summed E-state index contributed by atoms with van der Waals surface area (Å²) in [6.45, 7) is 5.60. The molecule has 0 saturated carbocycles. The number of hydrogen-bond donors (Lipinski definition) is 0. The molecular weight excluding hydrogens is 265 g/mol. The Kier molecular flexibility index (Phi) is 4.53. The van der Waals surface area contributed by atoms with Crippen LogP contribution in [0.5, 0.6) is 0 Å². The largest absolute Gasteiger partial charge is 0.234 e. The molecule has 0 aromatic heterocycles. The van der Waals surface area contributed by atoms with E-state index >= 15 is 0 Å². The van der Waals surface area contributed by atoms with Crippen molar-refractivity contribution in [2.75, 3.05) is 0 Å². The topological polar surface area (TPSA) is 29.4 Å². The van der Waals surface area contributed by atoms with E-state index in [2.05, 4.69) is 4.40 Å². The molecule has 0 N–H and O–H groups in total. The Morgan fingerprint density at radius 1 is 1.19 bits per heavy atom. The van der Waals surface area contributed by atoms with E-state index in [1.807, 2.05) is 20.8 Å². The SMILES string of the molecule is CC(C)(C)[S@@](=O)N=Cc1cc(Cl)cc(Cl)c1. The highest BCUT2D eigenvalue weighted by atomic mass is 35.5. The molecule has 2 nitrogen and oxygen atoms in total. The van der Waals surface area contributed by atoms with Crippen LogP contribution >= 0.6 is 23.2 Å². The maximum Gasteiger partial charge on any atom is 0.144 e. The summed E-state index contributed by atoms with van der Waals surface area (Å²) in [5, 5.41) is 1.07. The van der Waals surface area contributed by atoms with Gasteiger partial charge in [0.25, 0.3) is 0 Å². The number of nitrogens with zero attached hydrogens (tertiary/aromatic N) is 1. The predicted molar refractivity (Wildman–Crippen MR) is 72.0 cm³/mol. The second-order valence-corrected chi connectivity index (χ2v) is 7.11. The van der Waals surface area contributed by atoms with Crippen LogP contribution < -0.4 is 0 Å². The first-order valence-electron chi connectivity index (χ1n) is 4.71. The van der Waals surface area contributed by atoms with Crippen LogP contribution in [0.15, 0.2) is 22.6 Å². The molecule has 0 unspecified atom stereocenters. The molecule has 1 aromatic carbocycles. The highest BCUT2D eigenvalue weighted by Gasteiger charge is 2.18. The van der Waals surface area contributed by atoms with Gasteiger partial charge in [-0.05, 0) is 44.5 Å². The van der Waals surface area contributed by atoms with Crippen LogP contribution in [0.3, 0.4) is 0 Å². The van der Waals surface area contributed by atoms with Gasteiger partial charge in [0.05, 0.1) is 4.75 Å². The second kappa shape index (κ2) is 5.30. The van der Waals surface area contributed by atoms with E-state index in [9.17, 15) is 4.21 Å². The number of halogens is 2. The first kappa shape index (κ1) is 13.7. The van der Waals surface area contributed by atoms with E-state index in [1.165, 1.54) is 6.21 Å². The molecule has 0 aliphatic heterocycles. The number of benzene rings is 1. The summed E-state index contributed by atoms with van der Waals surface area (Å²) in [6.07, 6.45) is 1.53. The summed E-state index contributed by atoms with van der Waals surface area (Å²) in [4.78, 5) is 0. The minimum atomic E-state index is -1.27. The van der Waals surface area contributed by atoms with Crippen molar-refractivity contribution in [2.24, 2.45) is 4.40 Å². The normalized spacial score (nSPS) is 14.3.